The molecule has 1 aliphatic carbocycles. The number of imidazole rings is 1. The molecule has 0 aliphatic heterocycles. The van der Waals surface area contributed by atoms with Crippen molar-refractivity contribution < 1.29 is 4.79 Å². The summed E-state index contributed by atoms with van der Waals surface area (Å²) in [4.78, 5) is 20.7. The van der Waals surface area contributed by atoms with Gasteiger partial charge in [-0.3, -0.25) is 0 Å². The molecule has 35 heavy (non-hydrogen) atoms. The fraction of sp³-hybridized carbons (Fsp3) is 0.200. The second-order valence-electron chi connectivity index (χ2n) is 9.48. The predicted molar refractivity (Wildman–Crippen MR) is 141 cm³/mol. The second-order valence-corrected chi connectivity index (χ2v) is 9.48. The number of nitrogens with zero attached hydrogens (tertiary/aromatic N) is 1. The van der Waals surface area contributed by atoms with Crippen LogP contribution in [0.1, 0.15) is 48.7 Å². The molecule has 3 N–H and O–H groups in total. The van der Waals surface area contributed by atoms with Gasteiger partial charge in [0.05, 0.1) is 17.1 Å². The van der Waals surface area contributed by atoms with Crippen LogP contribution in [-0.2, 0) is 6.54 Å². The van der Waals surface area contributed by atoms with Crippen LogP contribution in [0.15, 0.2) is 84.9 Å². The first-order valence-corrected chi connectivity index (χ1v) is 12.2. The highest BCUT2D eigenvalue weighted by Crippen LogP contribution is 2.39. The first-order valence-electron chi connectivity index (χ1n) is 12.2. The van der Waals surface area contributed by atoms with Crippen LogP contribution in [0, 0.1) is 0 Å². The molecule has 1 unspecified atom stereocenters. The monoisotopic (exact) mass is 460 g/mol. The van der Waals surface area contributed by atoms with E-state index < -0.39 is 0 Å². The van der Waals surface area contributed by atoms with Gasteiger partial charge in [-0.25, -0.2) is 9.78 Å². The Morgan fingerprint density at radius 2 is 1.71 bits per heavy atom. The fourth-order valence-corrected chi connectivity index (χ4v) is 4.56. The molecule has 5 aromatic rings. The summed E-state index contributed by atoms with van der Waals surface area (Å²) in [5.41, 5.74) is 6.48. The van der Waals surface area contributed by atoms with Gasteiger partial charge in [-0.05, 0) is 71.0 Å². The third kappa shape index (κ3) is 4.62. The van der Waals surface area contributed by atoms with Crippen molar-refractivity contribution in [3.05, 3.63) is 102 Å². The molecular weight excluding hydrogens is 432 g/mol. The molecule has 0 saturated heterocycles. The minimum absolute atomic E-state index is 0.109. The Hall–Kier alpha value is -4.12. The Labute approximate surface area is 204 Å². The van der Waals surface area contributed by atoms with Crippen molar-refractivity contribution in [1.82, 2.24) is 20.6 Å². The Kier molecular flexibility index (Phi) is 5.45. The number of carbonyl (C=O) groups is 1. The maximum absolute atomic E-state index is 12.5. The highest BCUT2D eigenvalue weighted by atomic mass is 16.2. The zero-order chi connectivity index (χ0) is 23.8. The highest BCUT2D eigenvalue weighted by Gasteiger charge is 2.26. The molecule has 1 aromatic heterocycles. The van der Waals surface area contributed by atoms with Gasteiger partial charge in [-0.2, -0.15) is 0 Å². The molecule has 1 aliphatic rings. The Morgan fingerprint density at radius 3 is 2.51 bits per heavy atom. The minimum atomic E-state index is -0.181. The number of benzene rings is 4. The standard InChI is InChI=1S/C30H28N4O/c1-19(24-14-15-27-28(17-24)34-29(33-27)23-11-12-23)32-30(35)31-18-20-6-8-22(9-7-20)26-13-10-21-4-2-3-5-25(21)16-26/h2-10,13-17,19,23H,11-12,18H2,1H3,(H,33,34)(H2,31,32,35). The van der Waals surface area contributed by atoms with Gasteiger partial charge < -0.3 is 15.6 Å². The maximum Gasteiger partial charge on any atom is 0.315 e. The normalized spacial score (nSPS) is 14.2. The van der Waals surface area contributed by atoms with Gasteiger partial charge in [0.2, 0.25) is 0 Å². The summed E-state index contributed by atoms with van der Waals surface area (Å²) in [5, 5.41) is 8.49. The van der Waals surface area contributed by atoms with E-state index in [1.807, 2.05) is 19.1 Å². The van der Waals surface area contributed by atoms with E-state index in [9.17, 15) is 4.79 Å². The summed E-state index contributed by atoms with van der Waals surface area (Å²) in [7, 11) is 0. The number of urea groups is 1. The molecule has 6 rings (SSSR count). The third-order valence-corrected chi connectivity index (χ3v) is 6.83. The lowest BCUT2D eigenvalue weighted by atomic mass is 10.0. The van der Waals surface area contributed by atoms with Crippen molar-refractivity contribution in [2.75, 3.05) is 0 Å². The molecule has 0 radical (unpaired) electrons. The quantitative estimate of drug-likeness (QED) is 0.260. The maximum atomic E-state index is 12.5. The van der Waals surface area contributed by atoms with E-state index in [1.54, 1.807) is 0 Å². The molecule has 5 nitrogen and oxygen atoms in total. The Balaban J connectivity index is 1.06. The van der Waals surface area contributed by atoms with Gasteiger partial charge in [0.1, 0.15) is 5.82 Å². The molecule has 1 fully saturated rings. The second kappa shape index (κ2) is 8.91. The van der Waals surface area contributed by atoms with E-state index in [0.29, 0.717) is 12.5 Å². The lowest BCUT2D eigenvalue weighted by Crippen LogP contribution is -2.36. The molecule has 5 heteroatoms. The van der Waals surface area contributed by atoms with Gasteiger partial charge in [0.25, 0.3) is 0 Å². The number of aromatic amines is 1. The molecule has 1 saturated carbocycles. The number of carbonyl (C=O) groups excluding carboxylic acids is 1. The number of aromatic nitrogens is 2. The van der Waals surface area contributed by atoms with Gasteiger partial charge in [0, 0.05) is 12.5 Å². The lowest BCUT2D eigenvalue weighted by molar-refractivity contribution is 0.237. The number of hydrogen-bond donors (Lipinski definition) is 3. The lowest BCUT2D eigenvalue weighted by Gasteiger charge is -2.15. The van der Waals surface area contributed by atoms with E-state index in [1.165, 1.54) is 29.2 Å². The zero-order valence-corrected chi connectivity index (χ0v) is 19.7. The van der Waals surface area contributed by atoms with Gasteiger partial charge in [0.15, 0.2) is 0 Å². The van der Waals surface area contributed by atoms with Crippen LogP contribution in [0.5, 0.6) is 0 Å². The van der Waals surface area contributed by atoms with Crippen molar-refractivity contribution in [3.63, 3.8) is 0 Å². The first kappa shape index (κ1) is 21.4. The van der Waals surface area contributed by atoms with E-state index in [2.05, 4.69) is 93.4 Å². The molecule has 1 atom stereocenters. The predicted octanol–water partition coefficient (Wildman–Crippen LogP) is 6.82. The SMILES string of the molecule is CC(NC(=O)NCc1ccc(-c2ccc3ccccc3c2)cc1)c1ccc2nc(C3CC3)[nH]c2c1. The summed E-state index contributed by atoms with van der Waals surface area (Å²) < 4.78 is 0. The molecule has 2 amide bonds. The summed E-state index contributed by atoms with van der Waals surface area (Å²) in [6.45, 7) is 2.47. The minimum Gasteiger partial charge on any atom is -0.342 e. The van der Waals surface area contributed by atoms with Crippen LogP contribution in [-0.4, -0.2) is 16.0 Å². The summed E-state index contributed by atoms with van der Waals surface area (Å²) in [6.07, 6.45) is 2.44. The van der Waals surface area contributed by atoms with Gasteiger partial charge >= 0.3 is 6.03 Å². The largest absolute Gasteiger partial charge is 0.342 e. The number of hydrogen-bond acceptors (Lipinski definition) is 2. The first-order chi connectivity index (χ1) is 17.1. The molecule has 0 spiro atoms. The van der Waals surface area contributed by atoms with Gasteiger partial charge in [-0.1, -0.05) is 66.7 Å². The number of amides is 2. The van der Waals surface area contributed by atoms with Crippen molar-refractivity contribution in [2.45, 2.75) is 38.3 Å². The van der Waals surface area contributed by atoms with Crippen LogP contribution >= 0.6 is 0 Å². The number of fused-ring (bicyclic) bond motifs is 2. The molecule has 4 aromatic carbocycles. The fourth-order valence-electron chi connectivity index (χ4n) is 4.56. The van der Waals surface area contributed by atoms with Crippen LogP contribution in [0.25, 0.3) is 32.9 Å². The Morgan fingerprint density at radius 1 is 0.943 bits per heavy atom. The van der Waals surface area contributed by atoms with Crippen LogP contribution < -0.4 is 10.6 Å². The molecule has 174 valence electrons. The molecule has 1 heterocycles. The van der Waals surface area contributed by atoms with E-state index in [4.69, 9.17) is 0 Å². The topological polar surface area (TPSA) is 69.8 Å². The van der Waals surface area contributed by atoms with Gasteiger partial charge in [-0.15, -0.1) is 0 Å². The van der Waals surface area contributed by atoms with E-state index in [0.717, 1.165) is 33.5 Å². The zero-order valence-electron chi connectivity index (χ0n) is 19.7. The van der Waals surface area contributed by atoms with E-state index in [-0.39, 0.29) is 12.1 Å². The van der Waals surface area contributed by atoms with Crippen LogP contribution in [0.3, 0.4) is 0 Å². The van der Waals surface area contributed by atoms with E-state index >= 15 is 0 Å². The highest BCUT2D eigenvalue weighted by molar-refractivity contribution is 5.87. The average Bonchev–Trinajstić information content (AvgIpc) is 3.66. The van der Waals surface area contributed by atoms with Crippen molar-refractivity contribution >= 4 is 27.8 Å². The van der Waals surface area contributed by atoms with Crippen molar-refractivity contribution in [1.29, 1.82) is 0 Å². The summed E-state index contributed by atoms with van der Waals surface area (Å²) in [5.74, 6) is 1.68. The third-order valence-electron chi connectivity index (χ3n) is 6.83. The molecular formula is C30H28N4O. The Bertz CT molecular complexity index is 1520. The van der Waals surface area contributed by atoms with Crippen LogP contribution in [0.2, 0.25) is 0 Å². The van der Waals surface area contributed by atoms with Crippen molar-refractivity contribution in [2.24, 2.45) is 0 Å². The smallest absolute Gasteiger partial charge is 0.315 e. The number of nitrogens with one attached hydrogen (secondary N) is 3. The van der Waals surface area contributed by atoms with Crippen LogP contribution in [0.4, 0.5) is 4.79 Å². The van der Waals surface area contributed by atoms with Crippen molar-refractivity contribution in [3.8, 4) is 11.1 Å². The number of rotatable bonds is 6. The molecule has 0 bridgehead atoms. The summed E-state index contributed by atoms with van der Waals surface area (Å²) >= 11 is 0. The average molecular weight is 461 g/mol. The summed E-state index contributed by atoms with van der Waals surface area (Å²) in [6, 6.07) is 29.1. The number of H-pyrrole nitrogens is 1.